The van der Waals surface area contributed by atoms with Crippen LogP contribution in [0.15, 0.2) is 48.8 Å². The number of aromatic nitrogens is 2. The number of carbonyl (C=O) groups is 2. The van der Waals surface area contributed by atoms with Gasteiger partial charge in [0.25, 0.3) is 5.91 Å². The number of para-hydroxylation sites is 1. The first-order valence-electron chi connectivity index (χ1n) is 9.48. The molecule has 0 spiro atoms. The fourth-order valence-corrected chi connectivity index (χ4v) is 3.50. The predicted molar refractivity (Wildman–Crippen MR) is 108 cm³/mol. The highest BCUT2D eigenvalue weighted by Gasteiger charge is 2.21. The maximum atomic E-state index is 12.6. The summed E-state index contributed by atoms with van der Waals surface area (Å²) < 4.78 is 0. The van der Waals surface area contributed by atoms with Crippen molar-refractivity contribution in [1.82, 2.24) is 19.8 Å². The lowest BCUT2D eigenvalue weighted by atomic mass is 10.1. The van der Waals surface area contributed by atoms with Crippen LogP contribution in [0.5, 0.6) is 0 Å². The molecule has 1 aromatic carbocycles. The molecular weight excluding hydrogens is 354 g/mol. The van der Waals surface area contributed by atoms with Gasteiger partial charge in [-0.05, 0) is 30.2 Å². The zero-order chi connectivity index (χ0) is 19.3. The quantitative estimate of drug-likeness (QED) is 0.645. The van der Waals surface area contributed by atoms with Crippen molar-refractivity contribution in [2.45, 2.75) is 6.42 Å². The Hall–Kier alpha value is -3.35. The van der Waals surface area contributed by atoms with Crippen molar-refractivity contribution >= 4 is 29.0 Å². The molecule has 1 saturated heterocycles. The van der Waals surface area contributed by atoms with Crippen LogP contribution in [-0.4, -0.2) is 64.8 Å². The third kappa shape index (κ3) is 3.83. The van der Waals surface area contributed by atoms with Crippen LogP contribution in [0.1, 0.15) is 15.9 Å². The Morgan fingerprint density at radius 3 is 2.71 bits per heavy atom. The van der Waals surface area contributed by atoms with Crippen LogP contribution in [-0.2, 0) is 11.2 Å². The van der Waals surface area contributed by atoms with Gasteiger partial charge in [-0.2, -0.15) is 0 Å². The average molecular weight is 377 g/mol. The number of amides is 2. The molecule has 0 unspecified atom stereocenters. The second-order valence-corrected chi connectivity index (χ2v) is 6.90. The summed E-state index contributed by atoms with van der Waals surface area (Å²) >= 11 is 0. The summed E-state index contributed by atoms with van der Waals surface area (Å²) in [6.07, 6.45) is 5.38. The van der Waals surface area contributed by atoms with Crippen LogP contribution in [0.4, 0.5) is 5.82 Å². The third-order valence-corrected chi connectivity index (χ3v) is 5.14. The topological polar surface area (TPSA) is 81.3 Å². The van der Waals surface area contributed by atoms with Gasteiger partial charge >= 0.3 is 0 Å². The van der Waals surface area contributed by atoms with E-state index >= 15 is 0 Å². The van der Waals surface area contributed by atoms with Gasteiger partial charge in [0.05, 0.1) is 5.56 Å². The average Bonchev–Trinajstić information content (AvgIpc) is 3.17. The van der Waals surface area contributed by atoms with E-state index in [0.717, 1.165) is 30.7 Å². The van der Waals surface area contributed by atoms with Gasteiger partial charge in [-0.15, -0.1) is 0 Å². The summed E-state index contributed by atoms with van der Waals surface area (Å²) in [4.78, 5) is 34.4. The van der Waals surface area contributed by atoms with E-state index in [1.165, 1.54) is 10.9 Å². The van der Waals surface area contributed by atoms with Gasteiger partial charge in [-0.25, -0.2) is 4.98 Å². The molecule has 1 aliphatic heterocycles. The molecule has 7 nitrogen and oxygen atoms in total. The van der Waals surface area contributed by atoms with Crippen LogP contribution in [0.25, 0.3) is 10.9 Å². The number of fused-ring (bicyclic) bond motifs is 1. The molecule has 3 heterocycles. The molecule has 2 amide bonds. The van der Waals surface area contributed by atoms with E-state index < -0.39 is 0 Å². The summed E-state index contributed by atoms with van der Waals surface area (Å²) in [5.74, 6) is 0.713. The Labute approximate surface area is 163 Å². The number of nitrogens with zero attached hydrogens (tertiary/aromatic N) is 3. The molecule has 144 valence electrons. The second kappa shape index (κ2) is 8.12. The fraction of sp³-hybridized carbons (Fsp3) is 0.286. The molecule has 2 aromatic heterocycles. The van der Waals surface area contributed by atoms with Crippen molar-refractivity contribution in [2.24, 2.45) is 0 Å². The summed E-state index contributed by atoms with van der Waals surface area (Å²) in [5, 5.41) is 4.55. The van der Waals surface area contributed by atoms with Crippen molar-refractivity contribution < 1.29 is 9.59 Å². The molecule has 1 fully saturated rings. The standard InChI is InChI=1S/C21H23N5O2/c27-15-25-9-11-26(12-10-25)21(28)17-5-6-20(24-14-17)22-8-7-16-13-23-19-4-2-1-3-18(16)19/h1-6,13-15,23H,7-12H2,(H,22,24). The number of H-pyrrole nitrogens is 1. The van der Waals surface area contributed by atoms with Gasteiger partial charge in [0.1, 0.15) is 5.82 Å². The summed E-state index contributed by atoms with van der Waals surface area (Å²) in [6, 6.07) is 11.9. The van der Waals surface area contributed by atoms with E-state index in [9.17, 15) is 9.59 Å². The number of hydrogen-bond donors (Lipinski definition) is 2. The van der Waals surface area contributed by atoms with Gasteiger partial charge in [0.2, 0.25) is 6.41 Å². The van der Waals surface area contributed by atoms with Gasteiger partial charge in [0.15, 0.2) is 0 Å². The zero-order valence-electron chi connectivity index (χ0n) is 15.6. The highest BCUT2D eigenvalue weighted by atomic mass is 16.2. The van der Waals surface area contributed by atoms with Crippen LogP contribution in [0, 0.1) is 0 Å². The maximum Gasteiger partial charge on any atom is 0.255 e. The maximum absolute atomic E-state index is 12.6. The van der Waals surface area contributed by atoms with Gasteiger partial charge in [-0.3, -0.25) is 9.59 Å². The molecule has 7 heteroatoms. The SMILES string of the molecule is O=CN1CCN(C(=O)c2ccc(NCCc3c[nH]c4ccccc34)nc2)CC1. The van der Waals surface area contributed by atoms with E-state index in [2.05, 4.69) is 27.4 Å². The number of rotatable bonds is 6. The Kier molecular flexibility index (Phi) is 5.23. The van der Waals surface area contributed by atoms with Crippen molar-refractivity contribution in [3.05, 3.63) is 59.9 Å². The van der Waals surface area contributed by atoms with Crippen molar-refractivity contribution in [2.75, 3.05) is 38.0 Å². The van der Waals surface area contributed by atoms with Crippen LogP contribution in [0.3, 0.4) is 0 Å². The van der Waals surface area contributed by atoms with E-state index in [1.54, 1.807) is 22.1 Å². The first kappa shape index (κ1) is 18.0. The number of piperazine rings is 1. The molecule has 1 aliphatic rings. The lowest BCUT2D eigenvalue weighted by molar-refractivity contribution is -0.119. The van der Waals surface area contributed by atoms with Gasteiger partial charge in [0, 0.05) is 56.0 Å². The van der Waals surface area contributed by atoms with Crippen molar-refractivity contribution in [1.29, 1.82) is 0 Å². The summed E-state index contributed by atoms with van der Waals surface area (Å²) in [6.45, 7) is 3.03. The number of carbonyl (C=O) groups excluding carboxylic acids is 2. The highest BCUT2D eigenvalue weighted by molar-refractivity contribution is 5.94. The molecule has 4 rings (SSSR count). The third-order valence-electron chi connectivity index (χ3n) is 5.14. The number of nitrogens with one attached hydrogen (secondary N) is 2. The Balaban J connectivity index is 1.31. The van der Waals surface area contributed by atoms with Gasteiger partial charge in [-0.1, -0.05) is 18.2 Å². The second-order valence-electron chi connectivity index (χ2n) is 6.90. The largest absolute Gasteiger partial charge is 0.370 e. The van der Waals surface area contributed by atoms with Crippen LogP contribution >= 0.6 is 0 Å². The van der Waals surface area contributed by atoms with E-state index in [0.29, 0.717) is 31.7 Å². The minimum Gasteiger partial charge on any atom is -0.370 e. The molecule has 0 bridgehead atoms. The number of anilines is 1. The number of pyridine rings is 1. The Morgan fingerprint density at radius 1 is 1.14 bits per heavy atom. The molecule has 0 radical (unpaired) electrons. The highest BCUT2D eigenvalue weighted by Crippen LogP contribution is 2.18. The molecule has 0 saturated carbocycles. The first-order valence-corrected chi connectivity index (χ1v) is 9.48. The zero-order valence-corrected chi connectivity index (χ0v) is 15.6. The molecule has 28 heavy (non-hydrogen) atoms. The Morgan fingerprint density at radius 2 is 1.96 bits per heavy atom. The first-order chi connectivity index (χ1) is 13.7. The molecule has 0 atom stereocenters. The summed E-state index contributed by atoms with van der Waals surface area (Å²) in [5.41, 5.74) is 2.98. The van der Waals surface area contributed by atoms with E-state index in [4.69, 9.17) is 0 Å². The molecular formula is C21H23N5O2. The lowest BCUT2D eigenvalue weighted by Crippen LogP contribution is -2.48. The fourth-order valence-electron chi connectivity index (χ4n) is 3.50. The molecule has 0 aliphatic carbocycles. The normalized spacial score (nSPS) is 14.3. The number of hydrogen-bond acceptors (Lipinski definition) is 4. The van der Waals surface area contributed by atoms with E-state index in [-0.39, 0.29) is 5.91 Å². The number of aromatic amines is 1. The predicted octanol–water partition coefficient (Wildman–Crippen LogP) is 2.13. The summed E-state index contributed by atoms with van der Waals surface area (Å²) in [7, 11) is 0. The molecule has 2 N–H and O–H groups in total. The van der Waals surface area contributed by atoms with Crippen LogP contribution < -0.4 is 5.32 Å². The minimum absolute atomic E-state index is 0.0385. The Bertz CT molecular complexity index is 958. The van der Waals surface area contributed by atoms with Crippen molar-refractivity contribution in [3.63, 3.8) is 0 Å². The minimum atomic E-state index is -0.0385. The van der Waals surface area contributed by atoms with Gasteiger partial charge < -0.3 is 20.1 Å². The number of benzene rings is 1. The van der Waals surface area contributed by atoms with Crippen molar-refractivity contribution in [3.8, 4) is 0 Å². The smallest absolute Gasteiger partial charge is 0.255 e. The van der Waals surface area contributed by atoms with E-state index in [1.807, 2.05) is 24.4 Å². The van der Waals surface area contributed by atoms with Crippen LogP contribution in [0.2, 0.25) is 0 Å². The monoisotopic (exact) mass is 377 g/mol. The lowest BCUT2D eigenvalue weighted by Gasteiger charge is -2.32. The molecule has 3 aromatic rings.